The van der Waals surface area contributed by atoms with Crippen LogP contribution < -0.4 is 14.6 Å². The first-order valence-corrected chi connectivity index (χ1v) is 11.0. The van der Waals surface area contributed by atoms with Crippen molar-refractivity contribution in [1.29, 1.82) is 0 Å². The maximum atomic E-state index is 12.9. The van der Waals surface area contributed by atoms with Gasteiger partial charge in [0, 0.05) is 13.1 Å². The first-order valence-electron chi connectivity index (χ1n) is 8.03. The molecule has 0 bridgehead atoms. The second-order valence-corrected chi connectivity index (χ2v) is 9.55. The highest BCUT2D eigenvalue weighted by atomic mass is 32.2. The van der Waals surface area contributed by atoms with Crippen LogP contribution >= 0.6 is 0 Å². The second kappa shape index (κ2) is 7.12. The molecule has 0 saturated heterocycles. The van der Waals surface area contributed by atoms with Gasteiger partial charge < -0.3 is 9.47 Å². The summed E-state index contributed by atoms with van der Waals surface area (Å²) in [4.78, 5) is 0.0649. The second-order valence-electron chi connectivity index (χ2n) is 6.08. The third kappa shape index (κ3) is 3.79. The van der Waals surface area contributed by atoms with Gasteiger partial charge in [-0.05, 0) is 53.9 Å². The van der Waals surface area contributed by atoms with Crippen molar-refractivity contribution in [2.75, 3.05) is 20.8 Å². The predicted octanol–water partition coefficient (Wildman–Crippen LogP) is 1.10. The van der Waals surface area contributed by atoms with Crippen molar-refractivity contribution in [1.82, 2.24) is 4.31 Å². The molecule has 2 aromatic rings. The number of ether oxygens (including phenoxy) is 2. The smallest absolute Gasteiger partial charge is 0.243 e. The van der Waals surface area contributed by atoms with Crippen molar-refractivity contribution in [3.63, 3.8) is 0 Å². The Morgan fingerprint density at radius 2 is 1.63 bits per heavy atom. The highest BCUT2D eigenvalue weighted by molar-refractivity contribution is 7.89. The number of methoxy groups -OCH3 is 2. The van der Waals surface area contributed by atoms with Crippen molar-refractivity contribution in [3.05, 3.63) is 47.5 Å². The Hall–Kier alpha value is -2.14. The number of sulfonamides is 2. The minimum Gasteiger partial charge on any atom is -0.497 e. The van der Waals surface area contributed by atoms with Gasteiger partial charge in [-0.25, -0.2) is 22.0 Å². The number of benzene rings is 2. The normalized spacial score (nSPS) is 15.2. The fourth-order valence-corrected chi connectivity index (χ4v) is 5.17. The summed E-state index contributed by atoms with van der Waals surface area (Å²) in [6, 6.07) is 9.16. The van der Waals surface area contributed by atoms with Gasteiger partial charge in [-0.15, -0.1) is 0 Å². The van der Waals surface area contributed by atoms with Gasteiger partial charge in [0.25, 0.3) is 0 Å². The van der Waals surface area contributed by atoms with Crippen LogP contribution in [0.25, 0.3) is 0 Å². The summed E-state index contributed by atoms with van der Waals surface area (Å²) in [6.07, 6.45) is 0.372. The first-order chi connectivity index (χ1) is 12.7. The van der Waals surface area contributed by atoms with Crippen LogP contribution in [0.3, 0.4) is 0 Å². The number of nitrogens with zero attached hydrogens (tertiary/aromatic N) is 1. The lowest BCUT2D eigenvalue weighted by molar-refractivity contribution is 0.380. The highest BCUT2D eigenvalue weighted by Gasteiger charge is 2.30. The SMILES string of the molecule is COc1ccc(S(=O)(=O)N2CCc3cc(S(N)(=O)=O)c(OC)cc3C2)cc1. The molecule has 8 nitrogen and oxygen atoms in total. The fraction of sp³-hybridized carbons (Fsp3) is 0.294. The monoisotopic (exact) mass is 412 g/mol. The van der Waals surface area contributed by atoms with E-state index in [4.69, 9.17) is 14.6 Å². The van der Waals surface area contributed by atoms with Crippen LogP contribution in [0.5, 0.6) is 11.5 Å². The Labute approximate surface area is 158 Å². The van der Waals surface area contributed by atoms with E-state index in [1.165, 1.54) is 42.8 Å². The Balaban J connectivity index is 1.95. The van der Waals surface area contributed by atoms with Crippen LogP contribution in [0.4, 0.5) is 0 Å². The van der Waals surface area contributed by atoms with Crippen LogP contribution in [0.15, 0.2) is 46.2 Å². The number of hydrogen-bond donors (Lipinski definition) is 1. The van der Waals surface area contributed by atoms with E-state index in [9.17, 15) is 16.8 Å². The van der Waals surface area contributed by atoms with Gasteiger partial charge in [0.05, 0.1) is 19.1 Å². The van der Waals surface area contributed by atoms with E-state index in [0.29, 0.717) is 17.7 Å². The molecule has 10 heteroatoms. The van der Waals surface area contributed by atoms with E-state index in [-0.39, 0.29) is 28.6 Å². The number of fused-ring (bicyclic) bond motifs is 1. The molecular weight excluding hydrogens is 392 g/mol. The maximum Gasteiger partial charge on any atom is 0.243 e. The van der Waals surface area contributed by atoms with Gasteiger partial charge in [-0.1, -0.05) is 0 Å². The summed E-state index contributed by atoms with van der Waals surface area (Å²) >= 11 is 0. The largest absolute Gasteiger partial charge is 0.497 e. The molecule has 2 aromatic carbocycles. The zero-order valence-corrected chi connectivity index (χ0v) is 16.5. The molecule has 0 saturated carbocycles. The van der Waals surface area contributed by atoms with Gasteiger partial charge in [-0.2, -0.15) is 4.31 Å². The Morgan fingerprint density at radius 1 is 0.963 bits per heavy atom. The minimum atomic E-state index is -3.94. The Bertz CT molecular complexity index is 1060. The molecule has 0 spiro atoms. The third-order valence-corrected chi connectivity index (χ3v) is 7.26. The highest BCUT2D eigenvalue weighted by Crippen LogP contribution is 2.32. The van der Waals surface area contributed by atoms with Gasteiger partial charge in [-0.3, -0.25) is 0 Å². The molecule has 1 aliphatic heterocycles. The molecule has 0 aliphatic carbocycles. The zero-order chi connectivity index (χ0) is 19.8. The molecule has 27 heavy (non-hydrogen) atoms. The van der Waals surface area contributed by atoms with Crippen molar-refractivity contribution < 1.29 is 26.3 Å². The van der Waals surface area contributed by atoms with Crippen molar-refractivity contribution in [2.24, 2.45) is 5.14 Å². The van der Waals surface area contributed by atoms with Crippen LogP contribution in [0, 0.1) is 0 Å². The summed E-state index contributed by atoms with van der Waals surface area (Å²) in [7, 11) is -4.79. The minimum absolute atomic E-state index is 0.0972. The van der Waals surface area contributed by atoms with E-state index in [1.807, 2.05) is 0 Å². The average molecular weight is 412 g/mol. The molecule has 3 rings (SSSR count). The molecule has 0 amide bonds. The third-order valence-electron chi connectivity index (χ3n) is 4.47. The molecule has 0 radical (unpaired) electrons. The molecule has 1 aliphatic rings. The van der Waals surface area contributed by atoms with Gasteiger partial charge >= 0.3 is 0 Å². The number of nitrogens with two attached hydrogens (primary N) is 1. The van der Waals surface area contributed by atoms with Crippen LogP contribution in [0.1, 0.15) is 11.1 Å². The van der Waals surface area contributed by atoms with Gasteiger partial charge in [0.1, 0.15) is 16.4 Å². The standard InChI is InChI=1S/C17H20N2O6S2/c1-24-14-3-5-15(6-4-14)27(22,23)19-8-7-12-10-17(26(18,20)21)16(25-2)9-13(12)11-19/h3-6,9-10H,7-8,11H2,1-2H3,(H2,18,20,21). The fourth-order valence-electron chi connectivity index (χ4n) is 3.02. The van der Waals surface area contributed by atoms with Crippen LogP contribution in [0.2, 0.25) is 0 Å². The summed E-state index contributed by atoms with van der Waals surface area (Å²) in [5, 5.41) is 5.24. The molecule has 2 N–H and O–H groups in total. The van der Waals surface area contributed by atoms with Crippen LogP contribution in [-0.2, 0) is 33.0 Å². The lowest BCUT2D eigenvalue weighted by Gasteiger charge is -2.29. The summed E-state index contributed by atoms with van der Waals surface area (Å²) in [6.45, 7) is 0.350. The van der Waals surface area contributed by atoms with Crippen molar-refractivity contribution in [2.45, 2.75) is 22.8 Å². The molecule has 0 atom stereocenters. The van der Waals surface area contributed by atoms with E-state index in [2.05, 4.69) is 0 Å². The molecule has 0 unspecified atom stereocenters. The van der Waals surface area contributed by atoms with Crippen molar-refractivity contribution in [3.8, 4) is 11.5 Å². The number of hydrogen-bond acceptors (Lipinski definition) is 6. The van der Waals surface area contributed by atoms with E-state index >= 15 is 0 Å². The molecular formula is C17H20N2O6S2. The first kappa shape index (κ1) is 19.6. The summed E-state index contributed by atoms with van der Waals surface area (Å²) in [5.74, 6) is 0.665. The maximum absolute atomic E-state index is 12.9. The lowest BCUT2D eigenvalue weighted by atomic mass is 10.0. The summed E-state index contributed by atoms with van der Waals surface area (Å²) < 4.78 is 60.9. The Kier molecular flexibility index (Phi) is 5.17. The van der Waals surface area contributed by atoms with Crippen LogP contribution in [-0.4, -0.2) is 41.9 Å². The van der Waals surface area contributed by atoms with Gasteiger partial charge in [0.2, 0.25) is 20.0 Å². The molecule has 1 heterocycles. The van der Waals surface area contributed by atoms with E-state index in [1.54, 1.807) is 12.1 Å². The number of primary sulfonamides is 1. The quantitative estimate of drug-likeness (QED) is 0.786. The number of rotatable bonds is 5. The molecule has 0 fully saturated rings. The predicted molar refractivity (Wildman–Crippen MR) is 98.7 cm³/mol. The Morgan fingerprint density at radius 3 is 2.19 bits per heavy atom. The van der Waals surface area contributed by atoms with E-state index in [0.717, 1.165) is 5.56 Å². The topological polar surface area (TPSA) is 116 Å². The molecule has 0 aromatic heterocycles. The average Bonchev–Trinajstić information content (AvgIpc) is 2.65. The lowest BCUT2D eigenvalue weighted by Crippen LogP contribution is -2.36. The summed E-state index contributed by atoms with van der Waals surface area (Å²) in [5.41, 5.74) is 1.42. The van der Waals surface area contributed by atoms with Gasteiger partial charge in [0.15, 0.2) is 0 Å². The zero-order valence-electron chi connectivity index (χ0n) is 14.9. The van der Waals surface area contributed by atoms with E-state index < -0.39 is 20.0 Å². The van der Waals surface area contributed by atoms with Crippen molar-refractivity contribution >= 4 is 20.0 Å². The molecule has 146 valence electrons.